The Bertz CT molecular complexity index is 862. The first-order valence-electron chi connectivity index (χ1n) is 7.47. The maximum atomic E-state index is 13.6. The fourth-order valence-corrected chi connectivity index (χ4v) is 2.26. The van der Waals surface area contributed by atoms with Crippen molar-refractivity contribution >= 4 is 23.1 Å². The second-order valence-corrected chi connectivity index (χ2v) is 5.36. The van der Waals surface area contributed by atoms with Gasteiger partial charge in [-0.15, -0.1) is 0 Å². The molecule has 0 aliphatic heterocycles. The molecular formula is C19H16FN3O. The molecule has 2 N–H and O–H groups in total. The number of hydrogen-bond acceptors (Lipinski definition) is 3. The Morgan fingerprint density at radius 2 is 1.83 bits per heavy atom. The van der Waals surface area contributed by atoms with Crippen molar-refractivity contribution in [3.05, 3.63) is 83.8 Å². The number of nitrogens with one attached hydrogen (secondary N) is 2. The first kappa shape index (κ1) is 15.7. The number of halogens is 1. The topological polar surface area (TPSA) is 54.0 Å². The van der Waals surface area contributed by atoms with Crippen molar-refractivity contribution in [3.63, 3.8) is 0 Å². The number of rotatable bonds is 4. The number of pyridine rings is 1. The van der Waals surface area contributed by atoms with Crippen molar-refractivity contribution in [3.8, 4) is 0 Å². The first-order valence-corrected chi connectivity index (χ1v) is 7.47. The van der Waals surface area contributed by atoms with Crippen LogP contribution in [0.5, 0.6) is 0 Å². The Hall–Kier alpha value is -3.21. The fraction of sp³-hybridized carbons (Fsp3) is 0.0526. The Balaban J connectivity index is 1.68. The van der Waals surface area contributed by atoms with E-state index in [9.17, 15) is 9.18 Å². The van der Waals surface area contributed by atoms with Crippen LogP contribution in [-0.4, -0.2) is 10.9 Å². The third kappa shape index (κ3) is 3.76. The van der Waals surface area contributed by atoms with E-state index in [0.717, 1.165) is 16.9 Å². The van der Waals surface area contributed by atoms with E-state index >= 15 is 0 Å². The van der Waals surface area contributed by atoms with Crippen LogP contribution in [-0.2, 0) is 0 Å². The molecule has 0 unspecified atom stereocenters. The zero-order chi connectivity index (χ0) is 16.9. The molecule has 1 amide bonds. The zero-order valence-corrected chi connectivity index (χ0v) is 13.1. The van der Waals surface area contributed by atoms with Crippen LogP contribution in [0.1, 0.15) is 15.9 Å². The monoisotopic (exact) mass is 321 g/mol. The number of carbonyl (C=O) groups excluding carboxylic acids is 1. The average molecular weight is 321 g/mol. The molecule has 2 aromatic carbocycles. The number of amides is 1. The number of aromatic nitrogens is 1. The summed E-state index contributed by atoms with van der Waals surface area (Å²) < 4.78 is 13.6. The van der Waals surface area contributed by atoms with E-state index in [1.54, 1.807) is 24.4 Å². The minimum absolute atomic E-state index is 0.0127. The molecule has 0 atom stereocenters. The van der Waals surface area contributed by atoms with Crippen LogP contribution >= 0.6 is 0 Å². The molecule has 0 bridgehead atoms. The molecule has 3 rings (SSSR count). The van der Waals surface area contributed by atoms with E-state index in [0.29, 0.717) is 5.82 Å². The van der Waals surface area contributed by atoms with Gasteiger partial charge in [-0.05, 0) is 48.9 Å². The quantitative estimate of drug-likeness (QED) is 0.742. The number of anilines is 3. The van der Waals surface area contributed by atoms with E-state index in [2.05, 4.69) is 15.6 Å². The van der Waals surface area contributed by atoms with Crippen LogP contribution in [0, 0.1) is 12.7 Å². The second kappa shape index (κ2) is 6.91. The SMILES string of the molecule is Cc1cccc(Nc2ccc(NC(=O)c3ccccc3F)nc2)c1. The Morgan fingerprint density at radius 1 is 1.00 bits per heavy atom. The standard InChI is InChI=1S/C19H16FN3O/c1-13-5-4-6-14(11-13)22-15-9-10-18(21-12-15)23-19(24)16-7-2-3-8-17(16)20/h2-12,22H,1H3,(H,21,23,24). The highest BCUT2D eigenvalue weighted by Crippen LogP contribution is 2.18. The third-order valence-electron chi connectivity index (χ3n) is 3.43. The number of aryl methyl sites for hydroxylation is 1. The molecule has 0 aliphatic carbocycles. The molecule has 3 aromatic rings. The van der Waals surface area contributed by atoms with Crippen molar-refractivity contribution < 1.29 is 9.18 Å². The van der Waals surface area contributed by atoms with Gasteiger partial charge in [0.05, 0.1) is 17.4 Å². The number of nitrogens with zero attached hydrogens (tertiary/aromatic N) is 1. The van der Waals surface area contributed by atoms with Crippen LogP contribution in [0.15, 0.2) is 66.9 Å². The smallest absolute Gasteiger partial charge is 0.259 e. The summed E-state index contributed by atoms with van der Waals surface area (Å²) in [6, 6.07) is 17.3. The van der Waals surface area contributed by atoms with Gasteiger partial charge in [0, 0.05) is 5.69 Å². The molecule has 0 aliphatic rings. The predicted octanol–water partition coefficient (Wildman–Crippen LogP) is 4.53. The molecule has 0 saturated heterocycles. The highest BCUT2D eigenvalue weighted by Gasteiger charge is 2.11. The lowest BCUT2D eigenvalue weighted by Gasteiger charge is -2.09. The largest absolute Gasteiger partial charge is 0.354 e. The van der Waals surface area contributed by atoms with E-state index < -0.39 is 11.7 Å². The lowest BCUT2D eigenvalue weighted by Crippen LogP contribution is -2.14. The molecule has 4 nitrogen and oxygen atoms in total. The highest BCUT2D eigenvalue weighted by molar-refractivity contribution is 6.03. The first-order chi connectivity index (χ1) is 11.6. The van der Waals surface area contributed by atoms with Gasteiger partial charge in [0.2, 0.25) is 0 Å². The maximum absolute atomic E-state index is 13.6. The van der Waals surface area contributed by atoms with Gasteiger partial charge >= 0.3 is 0 Å². The summed E-state index contributed by atoms with van der Waals surface area (Å²) in [7, 11) is 0. The van der Waals surface area contributed by atoms with Crippen molar-refractivity contribution in [1.82, 2.24) is 4.98 Å². The number of hydrogen-bond donors (Lipinski definition) is 2. The molecule has 24 heavy (non-hydrogen) atoms. The minimum Gasteiger partial charge on any atom is -0.354 e. The van der Waals surface area contributed by atoms with Gasteiger partial charge in [-0.25, -0.2) is 9.37 Å². The fourth-order valence-electron chi connectivity index (χ4n) is 2.26. The van der Waals surface area contributed by atoms with Gasteiger partial charge in [-0.2, -0.15) is 0 Å². The van der Waals surface area contributed by atoms with Crippen LogP contribution in [0.25, 0.3) is 0 Å². The van der Waals surface area contributed by atoms with Gasteiger partial charge in [-0.3, -0.25) is 4.79 Å². The number of carbonyl (C=O) groups is 1. The zero-order valence-electron chi connectivity index (χ0n) is 13.1. The molecule has 0 saturated carbocycles. The Labute approximate surface area is 139 Å². The summed E-state index contributed by atoms with van der Waals surface area (Å²) in [5, 5.41) is 5.81. The average Bonchev–Trinajstić information content (AvgIpc) is 2.57. The summed E-state index contributed by atoms with van der Waals surface area (Å²) in [4.78, 5) is 16.2. The van der Waals surface area contributed by atoms with Crippen molar-refractivity contribution in [2.75, 3.05) is 10.6 Å². The molecule has 0 spiro atoms. The summed E-state index contributed by atoms with van der Waals surface area (Å²) in [5.74, 6) is -0.731. The lowest BCUT2D eigenvalue weighted by molar-refractivity contribution is 0.102. The number of benzene rings is 2. The molecule has 0 fully saturated rings. The van der Waals surface area contributed by atoms with E-state index in [1.165, 1.54) is 18.2 Å². The predicted molar refractivity (Wildman–Crippen MR) is 93.1 cm³/mol. The summed E-state index contributed by atoms with van der Waals surface area (Å²) in [6.45, 7) is 2.02. The normalized spacial score (nSPS) is 10.2. The lowest BCUT2D eigenvalue weighted by atomic mass is 10.2. The van der Waals surface area contributed by atoms with E-state index in [-0.39, 0.29) is 5.56 Å². The van der Waals surface area contributed by atoms with E-state index in [4.69, 9.17) is 0 Å². The maximum Gasteiger partial charge on any atom is 0.259 e. The second-order valence-electron chi connectivity index (χ2n) is 5.36. The molecule has 5 heteroatoms. The minimum atomic E-state index is -0.562. The summed E-state index contributed by atoms with van der Waals surface area (Å²) >= 11 is 0. The summed E-state index contributed by atoms with van der Waals surface area (Å²) in [6.07, 6.45) is 1.61. The molecule has 1 aromatic heterocycles. The van der Waals surface area contributed by atoms with Crippen molar-refractivity contribution in [2.45, 2.75) is 6.92 Å². The van der Waals surface area contributed by atoms with Crippen LogP contribution in [0.3, 0.4) is 0 Å². The van der Waals surface area contributed by atoms with Gasteiger partial charge < -0.3 is 10.6 Å². The van der Waals surface area contributed by atoms with Gasteiger partial charge in [0.15, 0.2) is 0 Å². The van der Waals surface area contributed by atoms with Crippen LogP contribution in [0.2, 0.25) is 0 Å². The van der Waals surface area contributed by atoms with Crippen LogP contribution in [0.4, 0.5) is 21.6 Å². The van der Waals surface area contributed by atoms with Crippen LogP contribution < -0.4 is 10.6 Å². The molecule has 0 radical (unpaired) electrons. The molecule has 1 heterocycles. The van der Waals surface area contributed by atoms with Crippen molar-refractivity contribution in [2.24, 2.45) is 0 Å². The molecular weight excluding hydrogens is 305 g/mol. The molecule has 120 valence electrons. The van der Waals surface area contributed by atoms with E-state index in [1.807, 2.05) is 31.2 Å². The summed E-state index contributed by atoms with van der Waals surface area (Å²) in [5.41, 5.74) is 2.90. The Kier molecular flexibility index (Phi) is 4.52. The highest BCUT2D eigenvalue weighted by atomic mass is 19.1. The van der Waals surface area contributed by atoms with Gasteiger partial charge in [0.25, 0.3) is 5.91 Å². The third-order valence-corrected chi connectivity index (χ3v) is 3.43. The van der Waals surface area contributed by atoms with Crippen molar-refractivity contribution in [1.29, 1.82) is 0 Å². The van der Waals surface area contributed by atoms with Gasteiger partial charge in [-0.1, -0.05) is 24.3 Å². The Morgan fingerprint density at radius 3 is 2.54 bits per heavy atom. The van der Waals surface area contributed by atoms with Gasteiger partial charge in [0.1, 0.15) is 11.6 Å².